The number of carbonyl (C=O) groups excluding carboxylic acids is 1. The van der Waals surface area contributed by atoms with E-state index < -0.39 is 0 Å². The van der Waals surface area contributed by atoms with Gasteiger partial charge in [-0.15, -0.1) is 0 Å². The highest BCUT2D eigenvalue weighted by molar-refractivity contribution is 5.90. The normalized spacial score (nSPS) is 19.6. The molecule has 2 rings (SSSR count). The number of carbonyl (C=O) groups is 1. The Morgan fingerprint density at radius 1 is 1.38 bits per heavy atom. The number of cyclic esters (lactones) is 1. The molecule has 1 aromatic carbocycles. The van der Waals surface area contributed by atoms with Gasteiger partial charge in [-0.2, -0.15) is 0 Å². The van der Waals surface area contributed by atoms with Crippen molar-refractivity contribution in [2.75, 3.05) is 6.61 Å². The van der Waals surface area contributed by atoms with Gasteiger partial charge in [-0.3, -0.25) is 0 Å². The van der Waals surface area contributed by atoms with E-state index in [0.29, 0.717) is 13.0 Å². The van der Waals surface area contributed by atoms with Crippen LogP contribution in [0.15, 0.2) is 42.1 Å². The first-order valence-electron chi connectivity index (χ1n) is 5.44. The van der Waals surface area contributed by atoms with E-state index in [-0.39, 0.29) is 12.0 Å². The smallest absolute Gasteiger partial charge is 0.335 e. The Labute approximate surface area is 95.1 Å². The Hall–Kier alpha value is -1.77. The van der Waals surface area contributed by atoms with E-state index in [1.54, 1.807) is 6.20 Å². The van der Waals surface area contributed by atoms with Gasteiger partial charge in [0.1, 0.15) is 0 Å². The van der Waals surface area contributed by atoms with Crippen LogP contribution in [0.5, 0.6) is 0 Å². The largest absolute Gasteiger partial charge is 0.462 e. The number of hydrogen-bond acceptors (Lipinski definition) is 3. The Balaban J connectivity index is 1.98. The molecule has 1 atom stereocenters. The van der Waals surface area contributed by atoms with Gasteiger partial charge in [0.25, 0.3) is 0 Å². The highest BCUT2D eigenvalue weighted by atomic mass is 16.5. The molecule has 0 aliphatic carbocycles. The third-order valence-electron chi connectivity index (χ3n) is 2.67. The van der Waals surface area contributed by atoms with E-state index in [9.17, 15) is 4.79 Å². The summed E-state index contributed by atoms with van der Waals surface area (Å²) >= 11 is 0. The Morgan fingerprint density at radius 2 is 2.12 bits per heavy atom. The quantitative estimate of drug-likeness (QED) is 0.623. The minimum atomic E-state index is -0.201. The third kappa shape index (κ3) is 2.42. The van der Waals surface area contributed by atoms with E-state index in [2.05, 4.69) is 24.4 Å². The van der Waals surface area contributed by atoms with Gasteiger partial charge < -0.3 is 10.1 Å². The van der Waals surface area contributed by atoms with E-state index in [4.69, 9.17) is 4.74 Å². The summed E-state index contributed by atoms with van der Waals surface area (Å²) in [6.45, 7) is 2.57. The monoisotopic (exact) mass is 217 g/mol. The second-order valence-electron chi connectivity index (χ2n) is 3.85. The van der Waals surface area contributed by atoms with Crippen LogP contribution in [0.4, 0.5) is 0 Å². The van der Waals surface area contributed by atoms with Crippen LogP contribution in [0.3, 0.4) is 0 Å². The van der Waals surface area contributed by atoms with Gasteiger partial charge in [-0.25, -0.2) is 4.79 Å². The number of nitrogens with one attached hydrogen (secondary N) is 1. The molecular weight excluding hydrogens is 202 g/mol. The molecule has 0 aromatic heterocycles. The Bertz CT molecular complexity index is 398. The van der Waals surface area contributed by atoms with E-state index in [0.717, 1.165) is 5.57 Å². The highest BCUT2D eigenvalue weighted by Crippen LogP contribution is 2.15. The van der Waals surface area contributed by atoms with Crippen molar-refractivity contribution in [3.8, 4) is 0 Å². The number of rotatable bonds is 3. The predicted octanol–water partition coefficient (Wildman–Crippen LogP) is 2.17. The second kappa shape index (κ2) is 4.84. The average molecular weight is 217 g/mol. The molecule has 1 aliphatic heterocycles. The van der Waals surface area contributed by atoms with E-state index >= 15 is 0 Å². The number of hydrogen-bond donors (Lipinski definition) is 1. The molecule has 16 heavy (non-hydrogen) atoms. The Morgan fingerprint density at radius 3 is 2.75 bits per heavy atom. The van der Waals surface area contributed by atoms with E-state index in [1.165, 1.54) is 5.56 Å². The summed E-state index contributed by atoms with van der Waals surface area (Å²) in [5.74, 6) is -0.201. The fourth-order valence-corrected chi connectivity index (χ4v) is 1.64. The van der Waals surface area contributed by atoms with Crippen molar-refractivity contribution in [1.29, 1.82) is 0 Å². The lowest BCUT2D eigenvalue weighted by molar-refractivity contribution is -0.135. The first-order valence-corrected chi connectivity index (χ1v) is 5.44. The van der Waals surface area contributed by atoms with Gasteiger partial charge >= 0.3 is 5.97 Å². The zero-order valence-corrected chi connectivity index (χ0v) is 9.27. The first-order chi connectivity index (χ1) is 7.77. The van der Waals surface area contributed by atoms with Crippen molar-refractivity contribution in [3.05, 3.63) is 47.7 Å². The summed E-state index contributed by atoms with van der Waals surface area (Å²) in [4.78, 5) is 11.2. The van der Waals surface area contributed by atoms with Crippen LogP contribution < -0.4 is 5.32 Å². The maximum absolute atomic E-state index is 11.2. The predicted molar refractivity (Wildman–Crippen MR) is 61.7 cm³/mol. The van der Waals surface area contributed by atoms with Crippen LogP contribution in [0.2, 0.25) is 0 Å². The molecule has 1 heterocycles. The molecule has 0 radical (unpaired) electrons. The van der Waals surface area contributed by atoms with Crippen LogP contribution >= 0.6 is 0 Å². The molecule has 0 unspecified atom stereocenters. The fourth-order valence-electron chi connectivity index (χ4n) is 1.64. The van der Waals surface area contributed by atoms with Crippen molar-refractivity contribution >= 4 is 5.97 Å². The molecule has 3 heteroatoms. The van der Waals surface area contributed by atoms with Gasteiger partial charge in [0, 0.05) is 18.7 Å². The highest BCUT2D eigenvalue weighted by Gasteiger charge is 2.18. The van der Waals surface area contributed by atoms with Crippen LogP contribution in [-0.2, 0) is 9.53 Å². The van der Waals surface area contributed by atoms with Crippen molar-refractivity contribution in [2.45, 2.75) is 19.4 Å². The van der Waals surface area contributed by atoms with Crippen LogP contribution in [0.1, 0.15) is 24.9 Å². The molecule has 1 N–H and O–H groups in total. The molecular formula is C13H15NO2. The van der Waals surface area contributed by atoms with Gasteiger partial charge in [0.05, 0.1) is 12.2 Å². The zero-order chi connectivity index (χ0) is 11.4. The van der Waals surface area contributed by atoms with E-state index in [1.807, 2.05) is 18.2 Å². The molecule has 0 saturated carbocycles. The average Bonchev–Trinajstić information content (AvgIpc) is 2.73. The molecule has 1 fully saturated rings. The van der Waals surface area contributed by atoms with Gasteiger partial charge in [-0.1, -0.05) is 30.3 Å². The minimum absolute atomic E-state index is 0.196. The van der Waals surface area contributed by atoms with Gasteiger partial charge in [0.15, 0.2) is 0 Å². The molecule has 0 bridgehead atoms. The fraction of sp³-hybridized carbons (Fsp3) is 0.308. The number of ether oxygens (including phenoxy) is 1. The SMILES string of the molecule is C[C@H](N/C=C1\CCOC1=O)c1ccccc1. The van der Waals surface area contributed by atoms with Crippen LogP contribution in [0, 0.1) is 0 Å². The van der Waals surface area contributed by atoms with Crippen LogP contribution in [0.25, 0.3) is 0 Å². The maximum atomic E-state index is 11.2. The zero-order valence-electron chi connectivity index (χ0n) is 9.27. The lowest BCUT2D eigenvalue weighted by Gasteiger charge is -2.12. The van der Waals surface area contributed by atoms with Crippen molar-refractivity contribution in [2.24, 2.45) is 0 Å². The number of benzene rings is 1. The van der Waals surface area contributed by atoms with Crippen LogP contribution in [-0.4, -0.2) is 12.6 Å². The molecule has 0 spiro atoms. The van der Waals surface area contributed by atoms with Crippen molar-refractivity contribution in [1.82, 2.24) is 5.32 Å². The summed E-state index contributed by atoms with van der Waals surface area (Å²) in [7, 11) is 0. The van der Waals surface area contributed by atoms with Gasteiger partial charge in [-0.05, 0) is 12.5 Å². The summed E-state index contributed by atoms with van der Waals surface area (Å²) in [6.07, 6.45) is 2.47. The maximum Gasteiger partial charge on any atom is 0.335 e. The topological polar surface area (TPSA) is 38.3 Å². The van der Waals surface area contributed by atoms with Gasteiger partial charge in [0.2, 0.25) is 0 Å². The Kier molecular flexibility index (Phi) is 3.25. The molecule has 1 aromatic rings. The molecule has 1 saturated heterocycles. The summed E-state index contributed by atoms with van der Waals surface area (Å²) < 4.78 is 4.86. The standard InChI is InChI=1S/C13H15NO2/c1-10(11-5-3-2-4-6-11)14-9-12-7-8-16-13(12)15/h2-6,9-10,14H,7-8H2,1H3/b12-9+/t10-/m0/s1. The lowest BCUT2D eigenvalue weighted by atomic mass is 10.1. The third-order valence-corrected chi connectivity index (χ3v) is 2.67. The summed E-state index contributed by atoms with van der Waals surface area (Å²) in [5.41, 5.74) is 1.92. The molecule has 84 valence electrons. The minimum Gasteiger partial charge on any atom is -0.462 e. The summed E-state index contributed by atoms with van der Waals surface area (Å²) in [5, 5.41) is 3.21. The molecule has 3 nitrogen and oxygen atoms in total. The molecule has 0 amide bonds. The summed E-state index contributed by atoms with van der Waals surface area (Å²) in [6, 6.07) is 10.3. The number of esters is 1. The first kappa shape index (κ1) is 10.7. The second-order valence-corrected chi connectivity index (χ2v) is 3.85. The van der Waals surface area contributed by atoms with Crippen molar-refractivity contribution in [3.63, 3.8) is 0 Å². The lowest BCUT2D eigenvalue weighted by Crippen LogP contribution is -2.13. The van der Waals surface area contributed by atoms with Crippen molar-refractivity contribution < 1.29 is 9.53 Å². The molecule has 1 aliphatic rings.